The zero-order valence-electron chi connectivity index (χ0n) is 13.0. The van der Waals surface area contributed by atoms with Crippen LogP contribution in [-0.4, -0.2) is 21.7 Å². The lowest BCUT2D eigenvalue weighted by atomic mass is 10.0. The van der Waals surface area contributed by atoms with E-state index >= 15 is 0 Å². The Morgan fingerprint density at radius 2 is 2.38 bits per heavy atom. The molecule has 122 valence electrons. The summed E-state index contributed by atoms with van der Waals surface area (Å²) in [5, 5.41) is 10.6. The quantitative estimate of drug-likeness (QED) is 0.723. The van der Waals surface area contributed by atoms with Crippen molar-refractivity contribution in [2.24, 2.45) is 0 Å². The average Bonchev–Trinajstić information content (AvgIpc) is 3.07. The van der Waals surface area contributed by atoms with Gasteiger partial charge >= 0.3 is 0 Å². The monoisotopic (exact) mass is 365 g/mol. The topological polar surface area (TPSA) is 64.3 Å². The molecule has 24 heavy (non-hydrogen) atoms. The number of terminal acetylenes is 1. The minimum Gasteiger partial charge on any atom is -0.505 e. The first-order valence-electron chi connectivity index (χ1n) is 7.24. The fourth-order valence-corrected chi connectivity index (χ4v) is 3.36. The Morgan fingerprint density at radius 3 is 3.08 bits per heavy atom. The third-order valence-electron chi connectivity index (χ3n) is 3.42. The minimum absolute atomic E-state index is 0.00958. The zero-order chi connectivity index (χ0) is 18.1. The number of nitrogens with zero attached hydrogens (tertiary/aromatic N) is 2. The summed E-state index contributed by atoms with van der Waals surface area (Å²) >= 11 is 7.10. The van der Waals surface area contributed by atoms with Gasteiger partial charge < -0.3 is 9.84 Å². The maximum absolute atomic E-state index is 14.5. The third-order valence-corrected chi connectivity index (χ3v) is 4.54. The first kappa shape index (κ1) is 15.0. The fourth-order valence-electron chi connectivity index (χ4n) is 2.41. The second kappa shape index (κ2) is 6.15. The molecule has 1 aromatic carbocycles. The summed E-state index contributed by atoms with van der Waals surface area (Å²) < 4.78 is 28.3. The van der Waals surface area contributed by atoms with Crippen LogP contribution in [0.3, 0.4) is 0 Å². The lowest BCUT2D eigenvalue weighted by Crippen LogP contribution is -2.22. The SMILES string of the molecule is [2H]COc1c(Cl)ccc(F)c1-c1c(O)c2scnc2n(CC#C)c1=O. The van der Waals surface area contributed by atoms with Crippen LogP contribution in [0.5, 0.6) is 11.5 Å². The molecule has 2 aromatic heterocycles. The molecule has 1 N–H and O–H groups in total. The van der Waals surface area contributed by atoms with Crippen molar-refractivity contribution in [1.29, 1.82) is 0 Å². The van der Waals surface area contributed by atoms with E-state index in [1.807, 2.05) is 0 Å². The molecule has 0 unspecified atom stereocenters. The van der Waals surface area contributed by atoms with E-state index in [9.17, 15) is 14.3 Å². The van der Waals surface area contributed by atoms with Crippen LogP contribution in [0, 0.1) is 18.2 Å². The van der Waals surface area contributed by atoms with Crippen LogP contribution in [0.2, 0.25) is 5.02 Å². The molecule has 0 saturated carbocycles. The molecule has 5 nitrogen and oxygen atoms in total. The first-order valence-corrected chi connectivity index (χ1v) is 7.79. The van der Waals surface area contributed by atoms with Crippen LogP contribution in [0.1, 0.15) is 1.37 Å². The number of aromatic hydroxyl groups is 1. The van der Waals surface area contributed by atoms with Gasteiger partial charge in [-0.25, -0.2) is 9.37 Å². The normalized spacial score (nSPS) is 11.3. The zero-order valence-corrected chi connectivity index (χ0v) is 13.6. The average molecular weight is 366 g/mol. The predicted octanol–water partition coefficient (Wildman–Crippen LogP) is 3.26. The summed E-state index contributed by atoms with van der Waals surface area (Å²) in [5.41, 5.74) is 0.263. The summed E-state index contributed by atoms with van der Waals surface area (Å²) in [7, 11) is -0.543. The van der Waals surface area contributed by atoms with Crippen LogP contribution >= 0.6 is 22.9 Å². The van der Waals surface area contributed by atoms with E-state index in [-0.39, 0.29) is 38.8 Å². The fraction of sp³-hybridized carbons (Fsp3) is 0.125. The van der Waals surface area contributed by atoms with Gasteiger partial charge in [-0.2, -0.15) is 0 Å². The lowest BCUT2D eigenvalue weighted by molar-refractivity contribution is 0.412. The molecule has 0 atom stereocenters. The molecule has 3 rings (SSSR count). The predicted molar refractivity (Wildman–Crippen MR) is 91.3 cm³/mol. The van der Waals surface area contributed by atoms with Gasteiger partial charge in [-0.15, -0.1) is 17.8 Å². The van der Waals surface area contributed by atoms with Gasteiger partial charge in [0.25, 0.3) is 5.56 Å². The van der Waals surface area contributed by atoms with E-state index < -0.39 is 24.2 Å². The van der Waals surface area contributed by atoms with E-state index in [1.165, 1.54) is 11.6 Å². The van der Waals surface area contributed by atoms with Crippen molar-refractivity contribution in [3.8, 4) is 35.0 Å². The van der Waals surface area contributed by atoms with Crippen LogP contribution in [0.15, 0.2) is 22.4 Å². The van der Waals surface area contributed by atoms with E-state index in [2.05, 4.69) is 10.9 Å². The van der Waals surface area contributed by atoms with Gasteiger partial charge in [0.1, 0.15) is 22.0 Å². The number of ether oxygens (including phenoxy) is 1. The second-order valence-electron chi connectivity index (χ2n) is 4.70. The van der Waals surface area contributed by atoms with Gasteiger partial charge in [0, 0.05) is 0 Å². The van der Waals surface area contributed by atoms with Gasteiger partial charge in [0.05, 0.1) is 36.7 Å². The Labute approximate surface area is 146 Å². The van der Waals surface area contributed by atoms with Crippen LogP contribution in [0.4, 0.5) is 4.39 Å². The molecule has 8 heteroatoms. The number of thiazole rings is 1. The number of pyridine rings is 1. The molecular formula is C16H10ClFN2O3S. The summed E-state index contributed by atoms with van der Waals surface area (Å²) in [5.74, 6) is 0.880. The summed E-state index contributed by atoms with van der Waals surface area (Å²) in [4.78, 5) is 16.9. The highest BCUT2D eigenvalue weighted by Crippen LogP contribution is 2.43. The maximum Gasteiger partial charge on any atom is 0.265 e. The van der Waals surface area contributed by atoms with Crippen molar-refractivity contribution in [3.05, 3.63) is 38.8 Å². The largest absolute Gasteiger partial charge is 0.505 e. The molecule has 0 aliphatic heterocycles. The molecule has 0 spiro atoms. The Balaban J connectivity index is 2.48. The summed E-state index contributed by atoms with van der Waals surface area (Å²) in [6.45, 7) is -0.108. The Morgan fingerprint density at radius 1 is 1.58 bits per heavy atom. The van der Waals surface area contributed by atoms with Crippen LogP contribution in [-0.2, 0) is 6.54 Å². The third kappa shape index (κ3) is 2.31. The number of hydrogen-bond donors (Lipinski definition) is 1. The number of fused-ring (bicyclic) bond motifs is 1. The molecule has 0 radical (unpaired) electrons. The van der Waals surface area contributed by atoms with E-state index in [1.54, 1.807) is 0 Å². The first-order chi connectivity index (χ1) is 12.0. The van der Waals surface area contributed by atoms with Gasteiger partial charge in [0.2, 0.25) is 0 Å². The molecule has 0 saturated heterocycles. The number of methoxy groups -OCH3 is 1. The molecule has 0 fully saturated rings. The standard InChI is InChI=1S/C16H10ClFN2O3S/c1-3-6-20-15-14(24-7-19-15)12(21)11(16(20)22)10-9(18)5-4-8(17)13(10)23-2/h1,4-5,7,21H,6H2,2H3/i2D. The minimum atomic E-state index is -0.823. The van der Waals surface area contributed by atoms with Gasteiger partial charge in [0.15, 0.2) is 5.65 Å². The van der Waals surface area contributed by atoms with E-state index in [0.29, 0.717) is 0 Å². The van der Waals surface area contributed by atoms with Crippen molar-refractivity contribution in [1.82, 2.24) is 9.55 Å². The van der Waals surface area contributed by atoms with Gasteiger partial charge in [-0.05, 0) is 12.1 Å². The van der Waals surface area contributed by atoms with E-state index in [4.69, 9.17) is 24.1 Å². The highest BCUT2D eigenvalue weighted by atomic mass is 35.5. The van der Waals surface area contributed by atoms with Crippen molar-refractivity contribution < 1.29 is 15.6 Å². The Hall–Kier alpha value is -2.56. The Kier molecular flexibility index (Phi) is 3.84. The molecule has 0 amide bonds. The van der Waals surface area contributed by atoms with Crippen molar-refractivity contribution in [2.75, 3.05) is 7.09 Å². The summed E-state index contributed by atoms with van der Waals surface area (Å²) in [6.07, 6.45) is 5.31. The molecule has 0 aliphatic carbocycles. The molecule has 3 aromatic rings. The number of rotatable bonds is 3. The molecule has 2 heterocycles. The van der Waals surface area contributed by atoms with Gasteiger partial charge in [-0.3, -0.25) is 9.36 Å². The number of aromatic nitrogens is 2. The van der Waals surface area contributed by atoms with Crippen LogP contribution < -0.4 is 10.3 Å². The highest BCUT2D eigenvalue weighted by molar-refractivity contribution is 7.17. The van der Waals surface area contributed by atoms with Crippen LogP contribution in [0.25, 0.3) is 21.5 Å². The molecule has 0 aliphatic rings. The Bertz CT molecular complexity index is 1070. The highest BCUT2D eigenvalue weighted by Gasteiger charge is 2.26. The van der Waals surface area contributed by atoms with Crippen molar-refractivity contribution in [3.63, 3.8) is 0 Å². The molecular weight excluding hydrogens is 355 g/mol. The smallest absolute Gasteiger partial charge is 0.265 e. The number of hydrogen-bond acceptors (Lipinski definition) is 5. The van der Waals surface area contributed by atoms with E-state index in [0.717, 1.165) is 22.0 Å². The molecule has 0 bridgehead atoms. The van der Waals surface area contributed by atoms with Crippen molar-refractivity contribution >= 4 is 33.3 Å². The van der Waals surface area contributed by atoms with Gasteiger partial charge in [-0.1, -0.05) is 17.5 Å². The number of benzene rings is 1. The summed E-state index contributed by atoms with van der Waals surface area (Å²) in [6, 6.07) is 2.30. The maximum atomic E-state index is 14.5. The second-order valence-corrected chi connectivity index (χ2v) is 5.96. The lowest BCUT2D eigenvalue weighted by Gasteiger charge is -2.14. The van der Waals surface area contributed by atoms with Crippen molar-refractivity contribution in [2.45, 2.75) is 6.54 Å². The number of halogens is 2.